The highest BCUT2D eigenvalue weighted by atomic mass is 31.2. The van der Waals surface area contributed by atoms with Crippen molar-refractivity contribution >= 4 is 16.0 Å². The SMILES string of the molecule is CCCCCc1cc(OP(OC)C2CCCC2)c(-c2cccc(C)c2)c(OP(=O)(OC)C2CCCC2)c1. The second kappa shape index (κ2) is 13.6. The summed E-state index contributed by atoms with van der Waals surface area (Å²) in [6, 6.07) is 12.6. The summed E-state index contributed by atoms with van der Waals surface area (Å²) >= 11 is 0. The molecule has 0 spiro atoms. The van der Waals surface area contributed by atoms with Crippen LogP contribution in [0.2, 0.25) is 0 Å². The summed E-state index contributed by atoms with van der Waals surface area (Å²) in [5, 5.41) is 0. The van der Waals surface area contributed by atoms with Crippen LogP contribution in [0.4, 0.5) is 0 Å². The van der Waals surface area contributed by atoms with Crippen molar-refractivity contribution in [3.05, 3.63) is 47.5 Å². The smallest absolute Gasteiger partial charge is 0.381 e. The maximum atomic E-state index is 14.1. The van der Waals surface area contributed by atoms with E-state index in [9.17, 15) is 4.57 Å². The molecule has 2 aliphatic carbocycles. The lowest BCUT2D eigenvalue weighted by Crippen LogP contribution is -2.11. The first kappa shape index (κ1) is 28.6. The highest BCUT2D eigenvalue weighted by Crippen LogP contribution is 2.60. The Morgan fingerprint density at radius 3 is 2.30 bits per heavy atom. The lowest BCUT2D eigenvalue weighted by molar-refractivity contribution is 0.310. The Kier molecular flexibility index (Phi) is 10.5. The number of hydrogen-bond donors (Lipinski definition) is 0. The standard InChI is InChI=1S/C30H44O5P2/c1-5-6-7-14-24-21-28(34-36(32-3)26-16-8-9-17-26)30(25-15-12-13-23(2)20-25)29(22-24)35-37(31,33-4)27-18-10-11-19-27/h12-13,15,20-22,26-27H,5-11,14,16-19H2,1-4H3. The molecule has 0 N–H and O–H groups in total. The highest BCUT2D eigenvalue weighted by molar-refractivity contribution is 7.55. The molecule has 0 bridgehead atoms. The third-order valence-electron chi connectivity index (χ3n) is 7.74. The maximum absolute atomic E-state index is 14.1. The van der Waals surface area contributed by atoms with Gasteiger partial charge in [0.05, 0.1) is 11.2 Å². The van der Waals surface area contributed by atoms with E-state index in [1.165, 1.54) is 20.0 Å². The zero-order valence-corrected chi connectivity index (χ0v) is 24.8. The third kappa shape index (κ3) is 7.18. The maximum Gasteiger partial charge on any atom is 0.381 e. The first-order valence-electron chi connectivity index (χ1n) is 14.1. The van der Waals surface area contributed by atoms with E-state index in [0.717, 1.165) is 92.2 Å². The van der Waals surface area contributed by atoms with Crippen LogP contribution in [0.1, 0.15) is 88.7 Å². The van der Waals surface area contributed by atoms with Crippen LogP contribution in [-0.2, 0) is 20.0 Å². The van der Waals surface area contributed by atoms with Gasteiger partial charge in [-0.15, -0.1) is 0 Å². The number of aryl methyl sites for hydroxylation is 2. The van der Waals surface area contributed by atoms with Crippen molar-refractivity contribution in [1.29, 1.82) is 0 Å². The minimum Gasteiger partial charge on any atom is -0.446 e. The van der Waals surface area contributed by atoms with Crippen LogP contribution in [0, 0.1) is 6.92 Å². The van der Waals surface area contributed by atoms with Crippen molar-refractivity contribution in [2.75, 3.05) is 14.2 Å². The minimum atomic E-state index is -3.34. The Labute approximate surface area is 225 Å². The van der Waals surface area contributed by atoms with Crippen molar-refractivity contribution < 1.29 is 22.7 Å². The van der Waals surface area contributed by atoms with Crippen molar-refractivity contribution in [3.8, 4) is 22.6 Å². The molecule has 204 valence electrons. The van der Waals surface area contributed by atoms with E-state index >= 15 is 0 Å². The topological polar surface area (TPSA) is 54.0 Å². The number of hydrogen-bond acceptors (Lipinski definition) is 5. The fourth-order valence-electron chi connectivity index (χ4n) is 5.69. The van der Waals surface area contributed by atoms with Gasteiger partial charge in [0.15, 0.2) is 0 Å². The molecular weight excluding hydrogens is 502 g/mol. The van der Waals surface area contributed by atoms with Gasteiger partial charge in [-0.2, -0.15) is 0 Å². The number of benzene rings is 2. The summed E-state index contributed by atoms with van der Waals surface area (Å²) in [4.78, 5) is 0. The quantitative estimate of drug-likeness (QED) is 0.185. The predicted octanol–water partition coefficient (Wildman–Crippen LogP) is 9.84. The molecule has 5 nitrogen and oxygen atoms in total. The Morgan fingerprint density at radius 2 is 1.65 bits per heavy atom. The summed E-state index contributed by atoms with van der Waals surface area (Å²) in [6.07, 6.45) is 12.9. The molecular formula is C30H44O5P2. The summed E-state index contributed by atoms with van der Waals surface area (Å²) in [6.45, 7) is 4.30. The van der Waals surface area contributed by atoms with E-state index < -0.39 is 16.0 Å². The lowest BCUT2D eigenvalue weighted by atomic mass is 9.98. The first-order chi connectivity index (χ1) is 18.0. The van der Waals surface area contributed by atoms with E-state index in [4.69, 9.17) is 18.1 Å². The van der Waals surface area contributed by atoms with E-state index in [1.807, 2.05) is 0 Å². The molecule has 2 atom stereocenters. The van der Waals surface area contributed by atoms with Gasteiger partial charge >= 0.3 is 7.60 Å². The van der Waals surface area contributed by atoms with Crippen LogP contribution in [0.15, 0.2) is 36.4 Å². The highest BCUT2D eigenvalue weighted by Gasteiger charge is 2.39. The molecule has 4 rings (SSSR count). The van der Waals surface area contributed by atoms with Crippen LogP contribution >= 0.6 is 16.0 Å². The summed E-state index contributed by atoms with van der Waals surface area (Å²) in [5.41, 5.74) is 4.50. The molecule has 0 radical (unpaired) electrons. The van der Waals surface area contributed by atoms with Crippen LogP contribution < -0.4 is 9.05 Å². The molecule has 2 aromatic rings. The molecule has 2 unspecified atom stereocenters. The monoisotopic (exact) mass is 546 g/mol. The van der Waals surface area contributed by atoms with Gasteiger partial charge in [-0.05, 0) is 68.7 Å². The second-order valence-electron chi connectivity index (χ2n) is 10.5. The van der Waals surface area contributed by atoms with Gasteiger partial charge < -0.3 is 18.1 Å². The van der Waals surface area contributed by atoms with Crippen LogP contribution in [-0.4, -0.2) is 25.5 Å². The molecule has 2 saturated carbocycles. The molecule has 2 aliphatic rings. The van der Waals surface area contributed by atoms with Gasteiger partial charge in [0.25, 0.3) is 0 Å². The van der Waals surface area contributed by atoms with Gasteiger partial charge in [0, 0.05) is 19.9 Å². The fourth-order valence-corrected chi connectivity index (χ4v) is 9.27. The second-order valence-corrected chi connectivity index (χ2v) is 14.7. The van der Waals surface area contributed by atoms with Crippen LogP contribution in [0.25, 0.3) is 11.1 Å². The average molecular weight is 547 g/mol. The Bertz CT molecular complexity index is 1060. The van der Waals surface area contributed by atoms with Crippen molar-refractivity contribution in [2.24, 2.45) is 0 Å². The average Bonchev–Trinajstić information content (AvgIpc) is 3.63. The predicted molar refractivity (Wildman–Crippen MR) is 154 cm³/mol. The van der Waals surface area contributed by atoms with Crippen molar-refractivity contribution in [3.63, 3.8) is 0 Å². The summed E-state index contributed by atoms with van der Waals surface area (Å²) < 4.78 is 39.0. The molecule has 0 aliphatic heterocycles. The van der Waals surface area contributed by atoms with Crippen LogP contribution in [0.5, 0.6) is 11.5 Å². The lowest BCUT2D eigenvalue weighted by Gasteiger charge is -2.27. The van der Waals surface area contributed by atoms with Gasteiger partial charge in [-0.3, -0.25) is 0 Å². The van der Waals surface area contributed by atoms with Gasteiger partial charge in [-0.25, -0.2) is 4.57 Å². The molecule has 0 amide bonds. The zero-order valence-electron chi connectivity index (χ0n) is 23.0. The molecule has 0 saturated heterocycles. The number of unbranched alkanes of at least 4 members (excludes halogenated alkanes) is 2. The Morgan fingerprint density at radius 1 is 0.946 bits per heavy atom. The Hall–Kier alpha value is -1.38. The van der Waals surface area contributed by atoms with E-state index in [-0.39, 0.29) is 5.66 Å². The number of rotatable bonds is 13. The first-order valence-corrected chi connectivity index (χ1v) is 16.9. The molecule has 37 heavy (non-hydrogen) atoms. The molecule has 2 fully saturated rings. The molecule has 7 heteroatoms. The van der Waals surface area contributed by atoms with Crippen molar-refractivity contribution in [1.82, 2.24) is 0 Å². The normalized spacial score (nSPS) is 19.1. The van der Waals surface area contributed by atoms with Gasteiger partial charge in [0.2, 0.25) is 8.38 Å². The van der Waals surface area contributed by atoms with E-state index in [0.29, 0.717) is 11.4 Å². The summed E-state index contributed by atoms with van der Waals surface area (Å²) in [5.74, 6) is 1.37. The third-order valence-corrected chi connectivity index (χ3v) is 12.0. The molecule has 2 aromatic carbocycles. The van der Waals surface area contributed by atoms with E-state index in [1.54, 1.807) is 7.11 Å². The van der Waals surface area contributed by atoms with Gasteiger partial charge in [-0.1, -0.05) is 75.3 Å². The molecule has 0 heterocycles. The van der Waals surface area contributed by atoms with Crippen LogP contribution in [0.3, 0.4) is 0 Å². The minimum absolute atomic E-state index is 0.0643. The van der Waals surface area contributed by atoms with Crippen molar-refractivity contribution in [2.45, 2.75) is 102 Å². The largest absolute Gasteiger partial charge is 0.446 e. The zero-order chi connectivity index (χ0) is 26.3. The molecule has 0 aromatic heterocycles. The Balaban J connectivity index is 1.82. The summed E-state index contributed by atoms with van der Waals surface area (Å²) in [7, 11) is -1.15. The van der Waals surface area contributed by atoms with Gasteiger partial charge in [0.1, 0.15) is 11.5 Å². The fraction of sp³-hybridized carbons (Fsp3) is 0.600. The van der Waals surface area contributed by atoms with E-state index in [2.05, 4.69) is 50.2 Å².